The highest BCUT2D eigenvalue weighted by Crippen LogP contribution is 2.33. The lowest BCUT2D eigenvalue weighted by Gasteiger charge is -2.14. The van der Waals surface area contributed by atoms with Crippen molar-refractivity contribution >= 4 is 22.1 Å². The number of hydrogen-bond acceptors (Lipinski definition) is 10. The second-order valence-electron chi connectivity index (χ2n) is 9.86. The Morgan fingerprint density at radius 3 is 2.47 bits per heavy atom. The van der Waals surface area contributed by atoms with Gasteiger partial charge in [0, 0.05) is 12.5 Å². The van der Waals surface area contributed by atoms with Gasteiger partial charge in [-0.1, -0.05) is 29.8 Å². The fourth-order valence-corrected chi connectivity index (χ4v) is 5.31. The van der Waals surface area contributed by atoms with E-state index in [1.807, 2.05) is 11.6 Å². The molecule has 1 N–H and O–H groups in total. The summed E-state index contributed by atoms with van der Waals surface area (Å²) in [7, 11) is -4.38. The molecule has 1 fully saturated rings. The predicted molar refractivity (Wildman–Crippen MR) is 148 cm³/mol. The van der Waals surface area contributed by atoms with Gasteiger partial charge in [-0.15, -0.1) is 5.01 Å². The van der Waals surface area contributed by atoms with Crippen molar-refractivity contribution < 1.29 is 50.5 Å². The molecule has 18 heteroatoms. The number of carbonyl (C=O) groups excluding carboxylic acids is 2. The Morgan fingerprint density at radius 1 is 1.18 bits per heavy atom. The molecule has 0 radical (unpaired) electrons. The summed E-state index contributed by atoms with van der Waals surface area (Å²) >= 11 is 0. The molecule has 0 spiro atoms. The van der Waals surface area contributed by atoms with Crippen molar-refractivity contribution in [2.75, 3.05) is 19.7 Å². The van der Waals surface area contributed by atoms with Gasteiger partial charge >= 0.3 is 12.3 Å². The molecule has 2 atom stereocenters. The quantitative estimate of drug-likeness (QED) is 0.109. The number of aromatic nitrogens is 2. The smallest absolute Gasteiger partial charge is 0.511 e. The zero-order valence-corrected chi connectivity index (χ0v) is 25.0. The van der Waals surface area contributed by atoms with E-state index < -0.39 is 46.2 Å². The molecule has 242 valence electrons. The van der Waals surface area contributed by atoms with Gasteiger partial charge in [-0.25, -0.2) is 22.6 Å². The van der Waals surface area contributed by atoms with E-state index in [0.29, 0.717) is 5.56 Å². The molecule has 45 heavy (non-hydrogen) atoms. The van der Waals surface area contributed by atoms with Crippen LogP contribution in [-0.4, -0.2) is 66.2 Å². The molecule has 1 aliphatic heterocycles. The molecule has 1 aliphatic rings. The molecule has 4 rings (SSSR count). The van der Waals surface area contributed by atoms with Gasteiger partial charge in [0.05, 0.1) is 46.9 Å². The first-order chi connectivity index (χ1) is 21.2. The van der Waals surface area contributed by atoms with Crippen molar-refractivity contribution in [1.82, 2.24) is 19.5 Å². The largest absolute Gasteiger partial charge is 0.569 e. The summed E-state index contributed by atoms with van der Waals surface area (Å²) in [4.78, 5) is 28.6. The van der Waals surface area contributed by atoms with Crippen molar-refractivity contribution in [3.63, 3.8) is 0 Å². The van der Waals surface area contributed by atoms with Gasteiger partial charge in [0.1, 0.15) is 0 Å². The number of ether oxygens (including phenoxy) is 2. The Labute approximate surface area is 255 Å². The van der Waals surface area contributed by atoms with Crippen LogP contribution in [0.3, 0.4) is 0 Å². The number of carbonyl (C=O) groups is 2. The maximum atomic E-state index is 13.5. The standard InChI is InChI=1S/C27H29F3N6O8S/c1-4-42-26(38)43-18(3)44-33-36(39)34-14-13-20(16-34)25(37)32-45(40,41)22-11-9-21(10-12-22)35-23(15-24(31-35)27(28,29)30)19-7-5-17(2)6-8-19/h5-12,15,18,20H,4,13-14,16H2,1-3H3,(H,32,37)/b36-33+. The molecular weight excluding hydrogens is 625 g/mol. The van der Waals surface area contributed by atoms with E-state index in [2.05, 4.69) is 15.1 Å². The SMILES string of the molecule is CCOC(=O)OC(C)O/N=[N+](/[O-])N1CCC(C(=O)NS(=O)(=O)c2ccc(-n3nc(C(F)(F)F)cc3-c3ccc(C)cc3)cc2)C1. The van der Waals surface area contributed by atoms with Crippen LogP contribution in [0.15, 0.2) is 64.8 Å². The van der Waals surface area contributed by atoms with E-state index in [1.54, 1.807) is 31.2 Å². The van der Waals surface area contributed by atoms with Crippen LogP contribution >= 0.6 is 0 Å². The highest BCUT2D eigenvalue weighted by Gasteiger charge is 2.36. The fraction of sp³-hybridized carbons (Fsp3) is 0.370. The van der Waals surface area contributed by atoms with Crippen molar-refractivity contribution in [2.45, 2.75) is 44.6 Å². The van der Waals surface area contributed by atoms with E-state index in [4.69, 9.17) is 9.57 Å². The molecular formula is C27H29F3N6O8S. The van der Waals surface area contributed by atoms with Gasteiger partial charge in [0.25, 0.3) is 16.3 Å². The zero-order valence-electron chi connectivity index (χ0n) is 24.2. The Hall–Kier alpha value is -4.87. The van der Waals surface area contributed by atoms with Crippen LogP contribution in [0.25, 0.3) is 16.9 Å². The highest BCUT2D eigenvalue weighted by molar-refractivity contribution is 7.90. The molecule has 2 unspecified atom stereocenters. The third-order valence-electron chi connectivity index (χ3n) is 6.54. The van der Waals surface area contributed by atoms with E-state index in [-0.39, 0.29) is 47.4 Å². The number of hydrogen-bond donors (Lipinski definition) is 1. The number of aryl methyl sites for hydroxylation is 1. The Kier molecular flexibility index (Phi) is 9.84. The van der Waals surface area contributed by atoms with Crippen molar-refractivity contribution in [2.24, 2.45) is 11.2 Å². The predicted octanol–water partition coefficient (Wildman–Crippen LogP) is 4.32. The number of rotatable bonds is 10. The minimum absolute atomic E-state index is 0.0450. The maximum Gasteiger partial charge on any atom is 0.511 e. The van der Waals surface area contributed by atoms with E-state index in [9.17, 15) is 36.4 Å². The first-order valence-electron chi connectivity index (χ1n) is 13.5. The number of sulfonamides is 1. The van der Waals surface area contributed by atoms with Crippen LogP contribution in [0, 0.1) is 18.0 Å². The number of nitrogens with zero attached hydrogens (tertiary/aromatic N) is 5. The van der Waals surface area contributed by atoms with Crippen LogP contribution in [-0.2, 0) is 35.3 Å². The first kappa shape index (κ1) is 33.0. The van der Waals surface area contributed by atoms with Crippen LogP contribution in [0.4, 0.5) is 18.0 Å². The number of amides is 1. The fourth-order valence-electron chi connectivity index (χ4n) is 4.27. The van der Waals surface area contributed by atoms with E-state index >= 15 is 0 Å². The topological polar surface area (TPSA) is 167 Å². The lowest BCUT2D eigenvalue weighted by Crippen LogP contribution is -2.37. The number of nitrogens with one attached hydrogen (secondary N) is 1. The van der Waals surface area contributed by atoms with Crippen molar-refractivity contribution in [1.29, 1.82) is 0 Å². The van der Waals surface area contributed by atoms with Gasteiger partial charge < -0.3 is 14.7 Å². The molecule has 3 aromatic rings. The summed E-state index contributed by atoms with van der Waals surface area (Å²) in [5.74, 6) is -1.78. The monoisotopic (exact) mass is 654 g/mol. The average Bonchev–Trinajstić information content (AvgIpc) is 3.65. The van der Waals surface area contributed by atoms with Crippen LogP contribution in [0.2, 0.25) is 0 Å². The summed E-state index contributed by atoms with van der Waals surface area (Å²) in [6.07, 6.45) is -6.86. The maximum absolute atomic E-state index is 13.5. The third kappa shape index (κ3) is 8.20. The Bertz CT molecular complexity index is 1660. The second-order valence-corrected chi connectivity index (χ2v) is 11.5. The number of alkyl halides is 3. The van der Waals surface area contributed by atoms with E-state index in [1.165, 1.54) is 19.1 Å². The van der Waals surface area contributed by atoms with Crippen molar-refractivity contribution in [3.8, 4) is 16.9 Å². The van der Waals surface area contributed by atoms with Crippen molar-refractivity contribution in [3.05, 3.63) is 71.1 Å². The molecule has 1 aromatic heterocycles. The normalized spacial score (nSPS) is 16.3. The molecule has 1 amide bonds. The van der Waals surface area contributed by atoms with Gasteiger partial charge in [-0.05, 0) is 50.6 Å². The molecule has 14 nitrogen and oxygen atoms in total. The Balaban J connectivity index is 1.42. The number of benzene rings is 2. The van der Waals surface area contributed by atoms with Crippen LogP contribution in [0.5, 0.6) is 0 Å². The molecule has 0 bridgehead atoms. The average molecular weight is 655 g/mol. The van der Waals surface area contributed by atoms with Gasteiger partial charge in [-0.2, -0.15) is 18.3 Å². The number of halogens is 3. The first-order valence-corrected chi connectivity index (χ1v) is 15.0. The van der Waals surface area contributed by atoms with E-state index in [0.717, 1.165) is 33.5 Å². The molecule has 1 saturated heterocycles. The summed E-state index contributed by atoms with van der Waals surface area (Å²) in [5, 5.41) is 20.3. The van der Waals surface area contributed by atoms with Crippen LogP contribution in [0.1, 0.15) is 31.5 Å². The minimum Gasteiger partial charge on any atom is -0.569 e. The number of hydrazine groups is 1. The third-order valence-corrected chi connectivity index (χ3v) is 7.91. The van der Waals surface area contributed by atoms with Crippen LogP contribution < -0.4 is 4.72 Å². The minimum atomic E-state index is -4.71. The summed E-state index contributed by atoms with van der Waals surface area (Å²) in [6, 6.07) is 12.5. The summed E-state index contributed by atoms with van der Waals surface area (Å²) < 4.78 is 78.7. The summed E-state index contributed by atoms with van der Waals surface area (Å²) in [6.45, 7) is 4.63. The lowest BCUT2D eigenvalue weighted by molar-refractivity contribution is -0.709. The lowest BCUT2D eigenvalue weighted by atomic mass is 10.1. The highest BCUT2D eigenvalue weighted by atomic mass is 32.2. The zero-order chi connectivity index (χ0) is 32.9. The molecule has 2 heterocycles. The Morgan fingerprint density at radius 2 is 1.84 bits per heavy atom. The van der Waals surface area contributed by atoms with Gasteiger partial charge in [-0.3, -0.25) is 9.63 Å². The molecule has 0 saturated carbocycles. The molecule has 0 aliphatic carbocycles. The van der Waals surface area contributed by atoms with Gasteiger partial charge in [0.2, 0.25) is 11.2 Å². The molecule has 2 aromatic carbocycles. The second kappa shape index (κ2) is 13.4. The van der Waals surface area contributed by atoms with Gasteiger partial charge in [0.15, 0.2) is 5.69 Å². The summed E-state index contributed by atoms with van der Waals surface area (Å²) in [5.41, 5.74) is 0.547.